The van der Waals surface area contributed by atoms with Crippen molar-refractivity contribution in [2.24, 2.45) is 0 Å². The Morgan fingerprint density at radius 3 is 2.58 bits per heavy atom. The standard InChI is InChI=1S/C25H20N2O4/c1-14-23(15-7-5-4-6-8-15)17-12-21(29-2)18(13-22(17)31-14)24-26-19-10-9-16(25(28)30-3)11-20(19)27-24/h4-13H,1-3H3,(H,26,27). The van der Waals surface area contributed by atoms with Crippen molar-refractivity contribution in [2.45, 2.75) is 6.92 Å². The lowest BCUT2D eigenvalue weighted by Gasteiger charge is -2.07. The van der Waals surface area contributed by atoms with E-state index in [1.807, 2.05) is 37.3 Å². The van der Waals surface area contributed by atoms with Gasteiger partial charge in [-0.3, -0.25) is 0 Å². The minimum atomic E-state index is -0.392. The molecule has 0 aliphatic rings. The minimum Gasteiger partial charge on any atom is -0.496 e. The zero-order valence-corrected chi connectivity index (χ0v) is 17.4. The van der Waals surface area contributed by atoms with Gasteiger partial charge in [0.15, 0.2) is 0 Å². The van der Waals surface area contributed by atoms with E-state index in [9.17, 15) is 4.79 Å². The van der Waals surface area contributed by atoms with Gasteiger partial charge in [0.25, 0.3) is 0 Å². The number of nitrogens with one attached hydrogen (secondary N) is 1. The van der Waals surface area contributed by atoms with Gasteiger partial charge in [0.05, 0.1) is 36.4 Å². The fourth-order valence-electron chi connectivity index (χ4n) is 3.94. The van der Waals surface area contributed by atoms with E-state index in [1.165, 1.54) is 7.11 Å². The van der Waals surface area contributed by atoms with Gasteiger partial charge in [-0.15, -0.1) is 0 Å². The van der Waals surface area contributed by atoms with E-state index in [0.717, 1.165) is 44.5 Å². The molecule has 0 saturated carbocycles. The molecule has 0 spiro atoms. The van der Waals surface area contributed by atoms with Gasteiger partial charge in [-0.05, 0) is 42.8 Å². The summed E-state index contributed by atoms with van der Waals surface area (Å²) in [6, 6.07) is 19.3. The number of ether oxygens (including phenoxy) is 2. The first kappa shape index (κ1) is 18.9. The first-order chi connectivity index (χ1) is 15.1. The zero-order valence-electron chi connectivity index (χ0n) is 17.4. The summed E-state index contributed by atoms with van der Waals surface area (Å²) >= 11 is 0. The number of carbonyl (C=O) groups is 1. The zero-order chi connectivity index (χ0) is 21.5. The van der Waals surface area contributed by atoms with Crippen LogP contribution in [0.2, 0.25) is 0 Å². The molecule has 1 N–H and O–H groups in total. The van der Waals surface area contributed by atoms with Crippen LogP contribution in [0.15, 0.2) is 65.1 Å². The monoisotopic (exact) mass is 412 g/mol. The maximum absolute atomic E-state index is 11.8. The van der Waals surface area contributed by atoms with Crippen LogP contribution in [0.1, 0.15) is 16.1 Å². The molecule has 0 aliphatic heterocycles. The van der Waals surface area contributed by atoms with Gasteiger partial charge in [0.2, 0.25) is 0 Å². The third-order valence-corrected chi connectivity index (χ3v) is 5.41. The van der Waals surface area contributed by atoms with Gasteiger partial charge in [-0.25, -0.2) is 9.78 Å². The average molecular weight is 412 g/mol. The van der Waals surface area contributed by atoms with Crippen LogP contribution in [-0.2, 0) is 4.74 Å². The van der Waals surface area contributed by atoms with Crippen molar-refractivity contribution >= 4 is 28.0 Å². The fraction of sp³-hybridized carbons (Fsp3) is 0.120. The minimum absolute atomic E-state index is 0.392. The quantitative estimate of drug-likeness (QED) is 0.381. The van der Waals surface area contributed by atoms with Crippen LogP contribution >= 0.6 is 0 Å². The largest absolute Gasteiger partial charge is 0.496 e. The predicted octanol–water partition coefficient (Wildman–Crippen LogP) is 5.75. The molecule has 6 heteroatoms. The molecule has 5 rings (SSSR count). The Balaban J connectivity index is 1.67. The number of aromatic amines is 1. The highest BCUT2D eigenvalue weighted by Crippen LogP contribution is 2.40. The predicted molar refractivity (Wildman–Crippen MR) is 119 cm³/mol. The van der Waals surface area contributed by atoms with Crippen LogP contribution in [0, 0.1) is 6.92 Å². The smallest absolute Gasteiger partial charge is 0.337 e. The molecule has 154 valence electrons. The van der Waals surface area contributed by atoms with Crippen molar-refractivity contribution in [2.75, 3.05) is 14.2 Å². The van der Waals surface area contributed by atoms with Crippen LogP contribution < -0.4 is 4.74 Å². The van der Waals surface area contributed by atoms with Crippen LogP contribution in [0.3, 0.4) is 0 Å². The Morgan fingerprint density at radius 2 is 1.84 bits per heavy atom. The number of aryl methyl sites for hydroxylation is 1. The molecular weight excluding hydrogens is 392 g/mol. The van der Waals surface area contributed by atoms with Crippen LogP contribution in [0.5, 0.6) is 5.75 Å². The highest BCUT2D eigenvalue weighted by Gasteiger charge is 2.19. The number of furan rings is 1. The number of nitrogens with zero attached hydrogens (tertiary/aromatic N) is 1. The number of imidazole rings is 1. The van der Waals surface area contributed by atoms with Gasteiger partial charge in [-0.1, -0.05) is 30.3 Å². The second-order valence-corrected chi connectivity index (χ2v) is 7.26. The van der Waals surface area contributed by atoms with Crippen LogP contribution in [0.25, 0.3) is 44.5 Å². The van der Waals surface area contributed by atoms with Crippen LogP contribution in [0.4, 0.5) is 0 Å². The molecule has 0 amide bonds. The number of aromatic nitrogens is 2. The molecule has 0 saturated heterocycles. The van der Waals surface area contributed by atoms with E-state index >= 15 is 0 Å². The Morgan fingerprint density at radius 1 is 1.03 bits per heavy atom. The molecule has 0 radical (unpaired) electrons. The van der Waals surface area contributed by atoms with E-state index < -0.39 is 5.97 Å². The number of esters is 1. The number of benzene rings is 3. The van der Waals surface area contributed by atoms with Gasteiger partial charge in [0, 0.05) is 10.9 Å². The molecular formula is C25H20N2O4. The molecule has 31 heavy (non-hydrogen) atoms. The van der Waals surface area contributed by atoms with Crippen molar-refractivity contribution in [3.63, 3.8) is 0 Å². The Labute approximate surface area is 178 Å². The van der Waals surface area contributed by atoms with Gasteiger partial charge in [-0.2, -0.15) is 0 Å². The molecule has 0 bridgehead atoms. The second-order valence-electron chi connectivity index (χ2n) is 7.26. The number of carbonyl (C=O) groups excluding carboxylic acids is 1. The van der Waals surface area contributed by atoms with Crippen molar-refractivity contribution in [1.29, 1.82) is 0 Å². The topological polar surface area (TPSA) is 77.3 Å². The van der Waals surface area contributed by atoms with Gasteiger partial charge >= 0.3 is 5.97 Å². The molecule has 2 heterocycles. The Hall–Kier alpha value is -4.06. The third-order valence-electron chi connectivity index (χ3n) is 5.41. The first-order valence-corrected chi connectivity index (χ1v) is 9.84. The number of hydrogen-bond acceptors (Lipinski definition) is 5. The van der Waals surface area contributed by atoms with Gasteiger partial charge < -0.3 is 18.9 Å². The van der Waals surface area contributed by atoms with E-state index in [4.69, 9.17) is 13.9 Å². The Bertz CT molecular complexity index is 1430. The highest BCUT2D eigenvalue weighted by atomic mass is 16.5. The van der Waals surface area contributed by atoms with Crippen LogP contribution in [-0.4, -0.2) is 30.2 Å². The normalized spacial score (nSPS) is 11.2. The fourth-order valence-corrected chi connectivity index (χ4v) is 3.94. The van der Waals surface area contributed by atoms with Crippen molar-refractivity contribution in [3.05, 3.63) is 72.0 Å². The van der Waals surface area contributed by atoms with Crippen molar-refractivity contribution < 1.29 is 18.7 Å². The maximum Gasteiger partial charge on any atom is 0.337 e. The van der Waals surface area contributed by atoms with E-state index in [-0.39, 0.29) is 0 Å². The Kier molecular flexibility index (Phi) is 4.47. The maximum atomic E-state index is 11.8. The lowest BCUT2D eigenvalue weighted by Crippen LogP contribution is -2.00. The van der Waals surface area contributed by atoms with Crippen molar-refractivity contribution in [1.82, 2.24) is 9.97 Å². The number of H-pyrrole nitrogens is 1. The molecule has 0 aliphatic carbocycles. The molecule has 6 nitrogen and oxygen atoms in total. The second kappa shape index (κ2) is 7.32. The summed E-state index contributed by atoms with van der Waals surface area (Å²) in [4.78, 5) is 19.8. The van der Waals surface area contributed by atoms with Crippen molar-refractivity contribution in [3.8, 4) is 28.3 Å². The lowest BCUT2D eigenvalue weighted by molar-refractivity contribution is 0.0601. The molecule has 0 unspecified atom stereocenters. The SMILES string of the molecule is COC(=O)c1ccc2nc(-c3cc4oc(C)c(-c5ccccc5)c4cc3OC)[nH]c2c1. The molecule has 2 aromatic heterocycles. The number of fused-ring (bicyclic) bond motifs is 2. The first-order valence-electron chi connectivity index (χ1n) is 9.84. The summed E-state index contributed by atoms with van der Waals surface area (Å²) in [6.07, 6.45) is 0. The summed E-state index contributed by atoms with van der Waals surface area (Å²) in [5.74, 6) is 1.76. The van der Waals surface area contributed by atoms with Gasteiger partial charge in [0.1, 0.15) is 22.9 Å². The number of methoxy groups -OCH3 is 2. The molecule has 0 atom stereocenters. The summed E-state index contributed by atoms with van der Waals surface area (Å²) in [5.41, 5.74) is 5.61. The molecule has 3 aromatic carbocycles. The van der Waals surface area contributed by atoms with E-state index in [1.54, 1.807) is 25.3 Å². The average Bonchev–Trinajstić information content (AvgIpc) is 3.37. The summed E-state index contributed by atoms with van der Waals surface area (Å²) < 4.78 is 16.6. The summed E-state index contributed by atoms with van der Waals surface area (Å²) in [7, 11) is 3.00. The molecule has 5 aromatic rings. The van der Waals surface area contributed by atoms with E-state index in [0.29, 0.717) is 17.1 Å². The third kappa shape index (κ3) is 3.13. The lowest BCUT2D eigenvalue weighted by atomic mass is 10.0. The highest BCUT2D eigenvalue weighted by molar-refractivity contribution is 5.99. The summed E-state index contributed by atoms with van der Waals surface area (Å²) in [5, 5.41) is 0.980. The number of rotatable bonds is 4. The number of hydrogen-bond donors (Lipinski definition) is 1. The molecule has 0 fully saturated rings. The van der Waals surface area contributed by atoms with E-state index in [2.05, 4.69) is 22.1 Å². The summed E-state index contributed by atoms with van der Waals surface area (Å²) in [6.45, 7) is 1.96.